The summed E-state index contributed by atoms with van der Waals surface area (Å²) in [7, 11) is 0. The van der Waals surface area contributed by atoms with Crippen LogP contribution in [0.2, 0.25) is 0 Å². The quantitative estimate of drug-likeness (QED) is 0.809. The predicted molar refractivity (Wildman–Crippen MR) is 59.9 cm³/mol. The molecule has 1 atom stereocenters. The van der Waals surface area contributed by atoms with Crippen LogP contribution in [0.25, 0.3) is 0 Å². The fourth-order valence-electron chi connectivity index (χ4n) is 1.88. The minimum Gasteiger partial charge on any atom is -0.449 e. The minimum atomic E-state index is 0.0929. The zero-order chi connectivity index (χ0) is 10.9. The third kappa shape index (κ3) is 2.59. The van der Waals surface area contributed by atoms with E-state index in [9.17, 15) is 0 Å². The van der Waals surface area contributed by atoms with Gasteiger partial charge in [-0.15, -0.1) is 0 Å². The summed E-state index contributed by atoms with van der Waals surface area (Å²) in [4.78, 5) is 4.55. The second-order valence-corrected chi connectivity index (χ2v) is 5.44. The van der Waals surface area contributed by atoms with E-state index in [0.717, 1.165) is 31.1 Å². The Labute approximate surface area is 91.3 Å². The van der Waals surface area contributed by atoms with E-state index in [1.54, 1.807) is 6.26 Å². The number of oxazole rings is 1. The Kier molecular flexibility index (Phi) is 2.83. The molecule has 0 radical (unpaired) electrons. The van der Waals surface area contributed by atoms with E-state index in [1.807, 2.05) is 0 Å². The van der Waals surface area contributed by atoms with Crippen LogP contribution in [0.3, 0.4) is 0 Å². The van der Waals surface area contributed by atoms with E-state index in [4.69, 9.17) is 4.42 Å². The van der Waals surface area contributed by atoms with Crippen molar-refractivity contribution in [2.24, 2.45) is 5.92 Å². The molecule has 15 heavy (non-hydrogen) atoms. The molecule has 0 aromatic carbocycles. The maximum Gasteiger partial charge on any atom is 0.194 e. The summed E-state index contributed by atoms with van der Waals surface area (Å²) in [6.45, 7) is 8.72. The van der Waals surface area contributed by atoms with Gasteiger partial charge < -0.3 is 9.73 Å². The maximum absolute atomic E-state index is 5.51. The highest BCUT2D eigenvalue weighted by Gasteiger charge is 2.21. The summed E-state index contributed by atoms with van der Waals surface area (Å²) in [5, 5.41) is 3.36. The number of rotatable bonds is 2. The van der Waals surface area contributed by atoms with Gasteiger partial charge in [-0.2, -0.15) is 0 Å². The summed E-state index contributed by atoms with van der Waals surface area (Å²) in [6, 6.07) is 0. The van der Waals surface area contributed by atoms with E-state index in [0.29, 0.717) is 5.92 Å². The molecule has 1 N–H and O–H groups in total. The van der Waals surface area contributed by atoms with Gasteiger partial charge in [-0.1, -0.05) is 20.8 Å². The van der Waals surface area contributed by atoms with Crippen molar-refractivity contribution in [2.45, 2.75) is 39.0 Å². The molecule has 1 unspecified atom stereocenters. The SMILES string of the molecule is CC(C)(C)c1coc(CC2CCNC2)n1. The molecule has 1 fully saturated rings. The van der Waals surface area contributed by atoms with Gasteiger partial charge in [-0.3, -0.25) is 0 Å². The zero-order valence-corrected chi connectivity index (χ0v) is 9.84. The lowest BCUT2D eigenvalue weighted by atomic mass is 9.93. The molecule has 1 aromatic rings. The van der Waals surface area contributed by atoms with Crippen LogP contribution in [0.15, 0.2) is 10.7 Å². The monoisotopic (exact) mass is 208 g/mol. The third-order valence-electron chi connectivity index (χ3n) is 2.95. The molecule has 1 saturated heterocycles. The fraction of sp³-hybridized carbons (Fsp3) is 0.750. The lowest BCUT2D eigenvalue weighted by Crippen LogP contribution is -2.13. The topological polar surface area (TPSA) is 38.1 Å². The normalized spacial score (nSPS) is 22.2. The zero-order valence-electron chi connectivity index (χ0n) is 9.84. The van der Waals surface area contributed by atoms with E-state index < -0.39 is 0 Å². The molecule has 1 aliphatic heterocycles. The Bertz CT molecular complexity index is 319. The summed E-state index contributed by atoms with van der Waals surface area (Å²) in [5.74, 6) is 1.60. The third-order valence-corrected chi connectivity index (χ3v) is 2.95. The van der Waals surface area contributed by atoms with Crippen LogP contribution >= 0.6 is 0 Å². The van der Waals surface area contributed by atoms with Gasteiger partial charge in [0.05, 0.1) is 5.69 Å². The van der Waals surface area contributed by atoms with Crippen molar-refractivity contribution in [3.8, 4) is 0 Å². The number of hydrogen-bond donors (Lipinski definition) is 1. The Balaban J connectivity index is 2.00. The van der Waals surface area contributed by atoms with Crippen LogP contribution in [0.5, 0.6) is 0 Å². The van der Waals surface area contributed by atoms with Crippen molar-refractivity contribution in [2.75, 3.05) is 13.1 Å². The van der Waals surface area contributed by atoms with Crippen LogP contribution in [0.1, 0.15) is 38.8 Å². The molecule has 84 valence electrons. The number of nitrogens with zero attached hydrogens (tertiary/aromatic N) is 1. The molecule has 2 rings (SSSR count). The second-order valence-electron chi connectivity index (χ2n) is 5.44. The predicted octanol–water partition coefficient (Wildman–Crippen LogP) is 2.12. The average molecular weight is 208 g/mol. The van der Waals surface area contributed by atoms with E-state index in [2.05, 4.69) is 31.1 Å². The highest BCUT2D eigenvalue weighted by atomic mass is 16.3. The standard InChI is InChI=1S/C12H20N2O/c1-12(2,3)10-8-15-11(14-10)6-9-4-5-13-7-9/h8-9,13H,4-7H2,1-3H3. The van der Waals surface area contributed by atoms with E-state index in [-0.39, 0.29) is 5.41 Å². The van der Waals surface area contributed by atoms with Crippen molar-refractivity contribution in [1.29, 1.82) is 0 Å². The molecule has 0 spiro atoms. The van der Waals surface area contributed by atoms with Crippen LogP contribution in [-0.4, -0.2) is 18.1 Å². The largest absolute Gasteiger partial charge is 0.449 e. The van der Waals surface area contributed by atoms with Crippen LogP contribution < -0.4 is 5.32 Å². The van der Waals surface area contributed by atoms with Crippen molar-refractivity contribution < 1.29 is 4.42 Å². The lowest BCUT2D eigenvalue weighted by molar-refractivity contribution is 0.442. The lowest BCUT2D eigenvalue weighted by Gasteiger charge is -2.13. The molecule has 0 saturated carbocycles. The van der Waals surface area contributed by atoms with Crippen molar-refractivity contribution >= 4 is 0 Å². The average Bonchev–Trinajstić information content (AvgIpc) is 2.73. The Morgan fingerprint density at radius 1 is 1.53 bits per heavy atom. The van der Waals surface area contributed by atoms with Crippen molar-refractivity contribution in [1.82, 2.24) is 10.3 Å². The maximum atomic E-state index is 5.51. The molecule has 0 amide bonds. The molecule has 1 aliphatic rings. The summed E-state index contributed by atoms with van der Waals surface area (Å²) in [6.07, 6.45) is 4.02. The molecule has 3 heteroatoms. The molecule has 0 bridgehead atoms. The fourth-order valence-corrected chi connectivity index (χ4v) is 1.88. The first kappa shape index (κ1) is 10.7. The first-order valence-corrected chi connectivity index (χ1v) is 5.71. The van der Waals surface area contributed by atoms with Gasteiger partial charge in [0.15, 0.2) is 5.89 Å². The van der Waals surface area contributed by atoms with Gasteiger partial charge in [0.1, 0.15) is 6.26 Å². The summed E-state index contributed by atoms with van der Waals surface area (Å²) in [5.41, 5.74) is 1.15. The molecular weight excluding hydrogens is 188 g/mol. The Morgan fingerprint density at radius 3 is 2.87 bits per heavy atom. The molecule has 2 heterocycles. The number of aromatic nitrogens is 1. The summed E-state index contributed by atoms with van der Waals surface area (Å²) < 4.78 is 5.51. The second kappa shape index (κ2) is 3.97. The minimum absolute atomic E-state index is 0.0929. The van der Waals surface area contributed by atoms with Crippen molar-refractivity contribution in [3.63, 3.8) is 0 Å². The van der Waals surface area contributed by atoms with Crippen LogP contribution in [-0.2, 0) is 11.8 Å². The van der Waals surface area contributed by atoms with Gasteiger partial charge in [-0.25, -0.2) is 4.98 Å². The van der Waals surface area contributed by atoms with Crippen LogP contribution in [0, 0.1) is 5.92 Å². The molecule has 1 aromatic heterocycles. The first-order valence-electron chi connectivity index (χ1n) is 5.71. The van der Waals surface area contributed by atoms with E-state index in [1.165, 1.54) is 6.42 Å². The highest BCUT2D eigenvalue weighted by molar-refractivity contribution is 5.08. The van der Waals surface area contributed by atoms with Crippen LogP contribution in [0.4, 0.5) is 0 Å². The van der Waals surface area contributed by atoms with Crippen molar-refractivity contribution in [3.05, 3.63) is 17.8 Å². The smallest absolute Gasteiger partial charge is 0.194 e. The van der Waals surface area contributed by atoms with E-state index >= 15 is 0 Å². The Morgan fingerprint density at radius 2 is 2.33 bits per heavy atom. The van der Waals surface area contributed by atoms with Gasteiger partial charge >= 0.3 is 0 Å². The summed E-state index contributed by atoms with van der Waals surface area (Å²) >= 11 is 0. The molecule has 0 aliphatic carbocycles. The van der Waals surface area contributed by atoms with Gasteiger partial charge in [0, 0.05) is 11.8 Å². The number of nitrogens with one attached hydrogen (secondary N) is 1. The first-order chi connectivity index (χ1) is 7.05. The van der Waals surface area contributed by atoms with Gasteiger partial charge in [-0.05, 0) is 25.4 Å². The Hall–Kier alpha value is -0.830. The highest BCUT2D eigenvalue weighted by Crippen LogP contribution is 2.22. The molecule has 3 nitrogen and oxygen atoms in total. The van der Waals surface area contributed by atoms with Gasteiger partial charge in [0.2, 0.25) is 0 Å². The molecular formula is C12H20N2O. The van der Waals surface area contributed by atoms with Gasteiger partial charge in [0.25, 0.3) is 0 Å². The number of hydrogen-bond acceptors (Lipinski definition) is 3.